The second kappa shape index (κ2) is 6.69. The lowest BCUT2D eigenvalue weighted by Gasteiger charge is -2.11. The molecule has 0 aliphatic carbocycles. The van der Waals surface area contributed by atoms with Gasteiger partial charge >= 0.3 is 5.97 Å². The van der Waals surface area contributed by atoms with Gasteiger partial charge in [0.2, 0.25) is 0 Å². The normalized spacial score (nSPS) is 12.2. The molecule has 0 amide bonds. The number of halogens is 2. The van der Waals surface area contributed by atoms with E-state index in [1.165, 1.54) is 0 Å². The molecule has 6 heteroatoms. The molecule has 17 heavy (non-hydrogen) atoms. The molecule has 0 aromatic heterocycles. The smallest absolute Gasteiger partial charge is 0.320 e. The Kier molecular flexibility index (Phi) is 5.55. The summed E-state index contributed by atoms with van der Waals surface area (Å²) in [6.45, 7) is 2.32. The lowest BCUT2D eigenvalue weighted by molar-refractivity contribution is -0.139. The van der Waals surface area contributed by atoms with Crippen LogP contribution < -0.4 is 10.1 Å². The van der Waals surface area contributed by atoms with Gasteiger partial charge in [0.25, 0.3) is 0 Å². The molecule has 1 aromatic carbocycles. The van der Waals surface area contributed by atoms with Crippen LogP contribution in [-0.2, 0) is 4.79 Å². The summed E-state index contributed by atoms with van der Waals surface area (Å²) in [5.74, 6) is -0.365. The Labute approximate surface area is 109 Å². The first-order valence-corrected chi connectivity index (χ1v) is 5.80. The van der Waals surface area contributed by atoms with Gasteiger partial charge in [-0.1, -0.05) is 23.2 Å². The summed E-state index contributed by atoms with van der Waals surface area (Å²) in [6.07, 6.45) is 0. The highest BCUT2D eigenvalue weighted by molar-refractivity contribution is 6.35. The van der Waals surface area contributed by atoms with E-state index in [1.807, 2.05) is 0 Å². The number of aliphatic carboxylic acids is 1. The third kappa shape index (κ3) is 4.81. The van der Waals surface area contributed by atoms with E-state index in [1.54, 1.807) is 25.1 Å². The molecule has 2 N–H and O–H groups in total. The van der Waals surface area contributed by atoms with Crippen molar-refractivity contribution >= 4 is 29.2 Å². The SMILES string of the molecule is C[C@@H](NCCOc1ccc(Cl)cc1Cl)C(=O)O. The summed E-state index contributed by atoms with van der Waals surface area (Å²) in [5.41, 5.74) is 0. The van der Waals surface area contributed by atoms with Crippen LogP contribution in [0.3, 0.4) is 0 Å². The number of hydrogen-bond donors (Lipinski definition) is 2. The van der Waals surface area contributed by atoms with Gasteiger partial charge in [0.15, 0.2) is 0 Å². The van der Waals surface area contributed by atoms with Crippen molar-refractivity contribution in [1.82, 2.24) is 5.32 Å². The van der Waals surface area contributed by atoms with E-state index >= 15 is 0 Å². The minimum Gasteiger partial charge on any atom is -0.491 e. The standard InChI is InChI=1S/C11H13Cl2NO3/c1-7(11(15)16)14-4-5-17-10-3-2-8(12)6-9(10)13/h2-3,6-7,14H,4-5H2,1H3,(H,15,16)/t7-/m1/s1. The van der Waals surface area contributed by atoms with E-state index in [9.17, 15) is 4.79 Å². The zero-order valence-electron chi connectivity index (χ0n) is 9.24. The van der Waals surface area contributed by atoms with Crippen LogP contribution in [0.25, 0.3) is 0 Å². The molecule has 1 atom stereocenters. The number of carbonyl (C=O) groups is 1. The summed E-state index contributed by atoms with van der Waals surface area (Å²) < 4.78 is 5.38. The Bertz CT molecular complexity index is 398. The molecule has 0 aliphatic heterocycles. The van der Waals surface area contributed by atoms with Gasteiger partial charge in [0.1, 0.15) is 18.4 Å². The molecule has 0 bridgehead atoms. The number of rotatable bonds is 6. The molecule has 0 heterocycles. The highest BCUT2D eigenvalue weighted by atomic mass is 35.5. The third-order valence-corrected chi connectivity index (χ3v) is 2.60. The fourth-order valence-electron chi connectivity index (χ4n) is 1.12. The van der Waals surface area contributed by atoms with Gasteiger partial charge < -0.3 is 15.2 Å². The first-order chi connectivity index (χ1) is 8.00. The Morgan fingerprint density at radius 1 is 1.53 bits per heavy atom. The lowest BCUT2D eigenvalue weighted by atomic mass is 10.3. The predicted molar refractivity (Wildman–Crippen MR) is 67.1 cm³/mol. The van der Waals surface area contributed by atoms with Crippen molar-refractivity contribution in [3.05, 3.63) is 28.2 Å². The number of carboxylic acid groups (broad SMARTS) is 1. The molecule has 0 unspecified atom stereocenters. The number of carboxylic acids is 1. The first-order valence-electron chi connectivity index (χ1n) is 5.04. The minimum atomic E-state index is -0.894. The van der Waals surface area contributed by atoms with Crippen molar-refractivity contribution in [3.8, 4) is 5.75 Å². The first kappa shape index (κ1) is 14.1. The topological polar surface area (TPSA) is 58.6 Å². The van der Waals surface area contributed by atoms with Crippen molar-refractivity contribution in [2.24, 2.45) is 0 Å². The van der Waals surface area contributed by atoms with Crippen LogP contribution in [0, 0.1) is 0 Å². The van der Waals surface area contributed by atoms with Crippen molar-refractivity contribution in [3.63, 3.8) is 0 Å². The highest BCUT2D eigenvalue weighted by Crippen LogP contribution is 2.27. The van der Waals surface area contributed by atoms with Gasteiger partial charge in [-0.15, -0.1) is 0 Å². The maximum Gasteiger partial charge on any atom is 0.320 e. The monoisotopic (exact) mass is 277 g/mol. The molecule has 1 aromatic rings. The van der Waals surface area contributed by atoms with E-state index in [0.717, 1.165) is 0 Å². The number of hydrogen-bond acceptors (Lipinski definition) is 3. The van der Waals surface area contributed by atoms with E-state index in [-0.39, 0.29) is 0 Å². The molecule has 1 rings (SSSR count). The molecule has 0 aliphatic rings. The Balaban J connectivity index is 2.34. The summed E-state index contributed by atoms with van der Waals surface area (Å²) >= 11 is 11.6. The lowest BCUT2D eigenvalue weighted by Crippen LogP contribution is -2.36. The number of nitrogens with one attached hydrogen (secondary N) is 1. The Morgan fingerprint density at radius 2 is 2.24 bits per heavy atom. The van der Waals surface area contributed by atoms with Crippen LogP contribution in [0.5, 0.6) is 5.75 Å². The second-order valence-corrected chi connectivity index (χ2v) is 4.28. The molecule has 0 radical (unpaired) electrons. The zero-order chi connectivity index (χ0) is 12.8. The molecular weight excluding hydrogens is 265 g/mol. The highest BCUT2D eigenvalue weighted by Gasteiger charge is 2.09. The summed E-state index contributed by atoms with van der Waals surface area (Å²) in [5, 5.41) is 12.4. The molecule has 4 nitrogen and oxygen atoms in total. The van der Waals surface area contributed by atoms with Gasteiger partial charge in [-0.25, -0.2) is 0 Å². The largest absolute Gasteiger partial charge is 0.491 e. The van der Waals surface area contributed by atoms with Gasteiger partial charge in [0.05, 0.1) is 5.02 Å². The Hall–Kier alpha value is -0.970. The van der Waals surface area contributed by atoms with E-state index in [2.05, 4.69) is 5.32 Å². The maximum atomic E-state index is 10.5. The van der Waals surface area contributed by atoms with Crippen molar-refractivity contribution in [2.75, 3.05) is 13.2 Å². The van der Waals surface area contributed by atoms with Gasteiger partial charge in [-0.05, 0) is 25.1 Å². The predicted octanol–water partition coefficient (Wildman–Crippen LogP) is 2.43. The summed E-state index contributed by atoms with van der Waals surface area (Å²) in [6, 6.07) is 4.34. The Morgan fingerprint density at radius 3 is 2.82 bits per heavy atom. The summed E-state index contributed by atoms with van der Waals surface area (Å²) in [4.78, 5) is 10.5. The van der Waals surface area contributed by atoms with E-state index in [0.29, 0.717) is 28.9 Å². The van der Waals surface area contributed by atoms with Gasteiger partial charge in [-0.3, -0.25) is 4.79 Å². The second-order valence-electron chi connectivity index (χ2n) is 3.44. The maximum absolute atomic E-state index is 10.5. The molecule has 0 spiro atoms. The van der Waals surface area contributed by atoms with E-state index in [4.69, 9.17) is 33.0 Å². The molecular formula is C11H13Cl2NO3. The van der Waals surface area contributed by atoms with Crippen LogP contribution in [0.2, 0.25) is 10.0 Å². The van der Waals surface area contributed by atoms with Crippen molar-refractivity contribution < 1.29 is 14.6 Å². The fraction of sp³-hybridized carbons (Fsp3) is 0.364. The average Bonchev–Trinajstić information content (AvgIpc) is 2.26. The number of ether oxygens (including phenoxy) is 1. The number of benzene rings is 1. The third-order valence-electron chi connectivity index (χ3n) is 2.07. The van der Waals surface area contributed by atoms with Crippen LogP contribution in [0.4, 0.5) is 0 Å². The van der Waals surface area contributed by atoms with Gasteiger partial charge in [0, 0.05) is 11.6 Å². The molecule has 0 saturated heterocycles. The van der Waals surface area contributed by atoms with Crippen LogP contribution in [-0.4, -0.2) is 30.3 Å². The van der Waals surface area contributed by atoms with Crippen molar-refractivity contribution in [1.29, 1.82) is 0 Å². The zero-order valence-corrected chi connectivity index (χ0v) is 10.8. The summed E-state index contributed by atoms with van der Waals surface area (Å²) in [7, 11) is 0. The molecule has 94 valence electrons. The van der Waals surface area contributed by atoms with Crippen LogP contribution in [0.1, 0.15) is 6.92 Å². The van der Waals surface area contributed by atoms with Crippen molar-refractivity contribution in [2.45, 2.75) is 13.0 Å². The van der Waals surface area contributed by atoms with E-state index < -0.39 is 12.0 Å². The van der Waals surface area contributed by atoms with Crippen LogP contribution >= 0.6 is 23.2 Å². The molecule has 0 saturated carbocycles. The van der Waals surface area contributed by atoms with Crippen LogP contribution in [0.15, 0.2) is 18.2 Å². The van der Waals surface area contributed by atoms with Gasteiger partial charge in [-0.2, -0.15) is 0 Å². The molecule has 0 fully saturated rings. The fourth-order valence-corrected chi connectivity index (χ4v) is 1.58. The quantitative estimate of drug-likeness (QED) is 0.785. The average molecular weight is 278 g/mol. The minimum absolute atomic E-state index is 0.332.